The monoisotopic (exact) mass is 362 g/mol. The number of hydrogen-bond donors (Lipinski definition) is 1. The third kappa shape index (κ3) is 2.87. The Hall–Kier alpha value is -2.21. The molecule has 0 saturated heterocycles. The molecule has 0 radical (unpaired) electrons. The highest BCUT2D eigenvalue weighted by Gasteiger charge is 2.28. The van der Waals surface area contributed by atoms with Crippen LogP contribution in [-0.2, 0) is 11.3 Å². The highest BCUT2D eigenvalue weighted by atomic mass is 79.9. The number of nitrogens with zero attached hydrogens (tertiary/aromatic N) is 1. The number of benzene rings is 2. The van der Waals surface area contributed by atoms with Gasteiger partial charge in [0.05, 0.1) is 5.69 Å². The summed E-state index contributed by atoms with van der Waals surface area (Å²) in [6, 6.07) is 11.6. The molecule has 0 saturated carbocycles. The Balaban J connectivity index is 1.67. The summed E-state index contributed by atoms with van der Waals surface area (Å²) >= 11 is 3.15. The van der Waals surface area contributed by atoms with Gasteiger partial charge in [0, 0.05) is 16.6 Å². The molecule has 0 unspecified atom stereocenters. The van der Waals surface area contributed by atoms with E-state index in [1.54, 1.807) is 18.2 Å². The fraction of sp³-hybridized carbons (Fsp3) is 0.125. The summed E-state index contributed by atoms with van der Waals surface area (Å²) < 4.78 is 14.3. The summed E-state index contributed by atoms with van der Waals surface area (Å²) in [5, 5.41) is 2.48. The largest absolute Gasteiger partial charge is 0.325 e. The first kappa shape index (κ1) is 14.7. The van der Waals surface area contributed by atoms with E-state index in [-0.39, 0.29) is 18.1 Å². The Bertz CT molecular complexity index is 764. The van der Waals surface area contributed by atoms with Crippen LogP contribution in [0.2, 0.25) is 0 Å². The molecule has 3 rings (SSSR count). The van der Waals surface area contributed by atoms with Crippen LogP contribution >= 0.6 is 15.9 Å². The Labute approximate surface area is 135 Å². The van der Waals surface area contributed by atoms with E-state index in [0.717, 1.165) is 5.56 Å². The summed E-state index contributed by atoms with van der Waals surface area (Å²) in [5.41, 5.74) is 1.61. The Morgan fingerprint density at radius 2 is 2.05 bits per heavy atom. The third-order valence-corrected chi connectivity index (χ3v) is 3.93. The lowest BCUT2D eigenvalue weighted by Gasteiger charge is -2.15. The van der Waals surface area contributed by atoms with Crippen molar-refractivity contribution in [2.24, 2.45) is 0 Å². The molecule has 0 spiro atoms. The first-order valence-corrected chi connectivity index (χ1v) is 7.46. The van der Waals surface area contributed by atoms with Gasteiger partial charge in [0.2, 0.25) is 5.91 Å². The second kappa shape index (κ2) is 5.88. The summed E-state index contributed by atoms with van der Waals surface area (Å²) in [5.74, 6) is -1.14. The van der Waals surface area contributed by atoms with Crippen LogP contribution in [-0.4, -0.2) is 23.3 Å². The Morgan fingerprint density at radius 1 is 1.27 bits per heavy atom. The van der Waals surface area contributed by atoms with Gasteiger partial charge in [-0.15, -0.1) is 0 Å². The number of fused-ring (bicyclic) bond motifs is 1. The molecule has 0 bridgehead atoms. The molecule has 6 heteroatoms. The predicted octanol–water partition coefficient (Wildman–Crippen LogP) is 3.18. The maximum atomic E-state index is 13.7. The maximum Gasteiger partial charge on any atom is 0.254 e. The van der Waals surface area contributed by atoms with Crippen molar-refractivity contribution in [1.82, 2.24) is 4.90 Å². The number of carbonyl (C=O) groups excluding carboxylic acids is 2. The molecule has 2 amide bonds. The topological polar surface area (TPSA) is 49.4 Å². The lowest BCUT2D eigenvalue weighted by atomic mass is 10.1. The van der Waals surface area contributed by atoms with Gasteiger partial charge < -0.3 is 10.2 Å². The quantitative estimate of drug-likeness (QED) is 0.911. The van der Waals surface area contributed by atoms with E-state index in [4.69, 9.17) is 0 Å². The summed E-state index contributed by atoms with van der Waals surface area (Å²) in [7, 11) is 0. The number of halogens is 2. The van der Waals surface area contributed by atoms with E-state index in [1.165, 1.54) is 17.0 Å². The minimum Gasteiger partial charge on any atom is -0.325 e. The van der Waals surface area contributed by atoms with Crippen LogP contribution in [0.25, 0.3) is 0 Å². The molecule has 22 heavy (non-hydrogen) atoms. The van der Waals surface area contributed by atoms with Crippen LogP contribution in [0.5, 0.6) is 0 Å². The number of carbonyl (C=O) groups is 2. The fourth-order valence-electron chi connectivity index (χ4n) is 2.40. The van der Waals surface area contributed by atoms with Gasteiger partial charge in [0.25, 0.3) is 5.91 Å². The molecule has 1 aliphatic rings. The van der Waals surface area contributed by atoms with Gasteiger partial charge in [-0.1, -0.05) is 34.1 Å². The van der Waals surface area contributed by atoms with Crippen LogP contribution in [0.4, 0.5) is 10.1 Å². The van der Waals surface area contributed by atoms with Crippen molar-refractivity contribution in [3.8, 4) is 0 Å². The van der Waals surface area contributed by atoms with Crippen molar-refractivity contribution in [2.75, 3.05) is 11.9 Å². The molecular formula is C16H12BrFN2O2. The van der Waals surface area contributed by atoms with E-state index in [9.17, 15) is 14.0 Å². The fourth-order valence-corrected chi connectivity index (χ4v) is 2.73. The normalized spacial score (nSPS) is 13.2. The second-order valence-electron chi connectivity index (χ2n) is 4.99. The molecule has 1 N–H and O–H groups in total. The molecule has 2 aromatic carbocycles. The molecule has 4 nitrogen and oxygen atoms in total. The predicted molar refractivity (Wildman–Crippen MR) is 83.9 cm³/mol. The first-order chi connectivity index (χ1) is 10.5. The molecule has 0 fully saturated rings. The minimum absolute atomic E-state index is 0.0948. The number of nitrogens with one attached hydrogen (secondary N) is 1. The maximum absolute atomic E-state index is 13.7. The van der Waals surface area contributed by atoms with Crippen molar-refractivity contribution < 1.29 is 14.0 Å². The SMILES string of the molecule is O=C(CN1Cc2ccccc2C1=O)Nc1ccc(Br)cc1F. The minimum atomic E-state index is -0.529. The summed E-state index contributed by atoms with van der Waals surface area (Å²) in [6.07, 6.45) is 0. The van der Waals surface area contributed by atoms with Crippen LogP contribution in [0.1, 0.15) is 15.9 Å². The highest BCUT2D eigenvalue weighted by Crippen LogP contribution is 2.23. The first-order valence-electron chi connectivity index (χ1n) is 6.66. The summed E-state index contributed by atoms with van der Waals surface area (Å²) in [6.45, 7) is 0.286. The van der Waals surface area contributed by atoms with Gasteiger partial charge >= 0.3 is 0 Å². The molecule has 1 heterocycles. The van der Waals surface area contributed by atoms with E-state index in [1.807, 2.05) is 12.1 Å². The molecule has 0 aliphatic carbocycles. The van der Waals surface area contributed by atoms with Gasteiger partial charge in [-0.2, -0.15) is 0 Å². The van der Waals surface area contributed by atoms with Crippen LogP contribution in [0, 0.1) is 5.82 Å². The average molecular weight is 363 g/mol. The van der Waals surface area contributed by atoms with Gasteiger partial charge in [-0.05, 0) is 29.8 Å². The summed E-state index contributed by atoms with van der Waals surface area (Å²) in [4.78, 5) is 25.6. The smallest absolute Gasteiger partial charge is 0.254 e. The van der Waals surface area contributed by atoms with Crippen molar-refractivity contribution >= 4 is 33.4 Å². The highest BCUT2D eigenvalue weighted by molar-refractivity contribution is 9.10. The van der Waals surface area contributed by atoms with Gasteiger partial charge in [0.15, 0.2) is 0 Å². The zero-order valence-electron chi connectivity index (χ0n) is 11.5. The van der Waals surface area contributed by atoms with Crippen LogP contribution < -0.4 is 5.32 Å². The lowest BCUT2D eigenvalue weighted by Crippen LogP contribution is -2.33. The van der Waals surface area contributed by atoms with E-state index in [2.05, 4.69) is 21.2 Å². The Morgan fingerprint density at radius 3 is 2.77 bits per heavy atom. The van der Waals surface area contributed by atoms with Crippen molar-refractivity contribution in [2.45, 2.75) is 6.54 Å². The number of rotatable bonds is 3. The lowest BCUT2D eigenvalue weighted by molar-refractivity contribution is -0.116. The zero-order valence-corrected chi connectivity index (χ0v) is 13.1. The standard InChI is InChI=1S/C16H12BrFN2O2/c17-11-5-6-14(13(18)7-11)19-15(21)9-20-8-10-3-1-2-4-12(10)16(20)22/h1-7H,8-9H2,(H,19,21). The number of amides is 2. The van der Waals surface area contributed by atoms with E-state index >= 15 is 0 Å². The van der Waals surface area contributed by atoms with Crippen molar-refractivity contribution in [1.29, 1.82) is 0 Å². The third-order valence-electron chi connectivity index (χ3n) is 3.44. The number of anilines is 1. The Kier molecular flexibility index (Phi) is 3.94. The molecule has 0 atom stereocenters. The average Bonchev–Trinajstić information content (AvgIpc) is 2.79. The molecule has 0 aromatic heterocycles. The zero-order chi connectivity index (χ0) is 15.7. The molecule has 2 aromatic rings. The second-order valence-corrected chi connectivity index (χ2v) is 5.91. The van der Waals surface area contributed by atoms with Gasteiger partial charge in [0.1, 0.15) is 12.4 Å². The molecule has 1 aliphatic heterocycles. The van der Waals surface area contributed by atoms with E-state index < -0.39 is 11.7 Å². The van der Waals surface area contributed by atoms with E-state index in [0.29, 0.717) is 16.6 Å². The van der Waals surface area contributed by atoms with Gasteiger partial charge in [-0.25, -0.2) is 4.39 Å². The van der Waals surface area contributed by atoms with Crippen molar-refractivity contribution in [3.05, 3.63) is 63.9 Å². The van der Waals surface area contributed by atoms with Crippen LogP contribution in [0.15, 0.2) is 46.9 Å². The van der Waals surface area contributed by atoms with Crippen LogP contribution in [0.3, 0.4) is 0 Å². The molecule has 112 valence electrons. The van der Waals surface area contributed by atoms with Crippen molar-refractivity contribution in [3.63, 3.8) is 0 Å². The number of hydrogen-bond acceptors (Lipinski definition) is 2. The molecular weight excluding hydrogens is 351 g/mol. The van der Waals surface area contributed by atoms with Gasteiger partial charge in [-0.3, -0.25) is 9.59 Å².